The molecule has 1 amide bonds. The molecule has 1 aromatic rings. The number of carbonyl (C=O) groups excluding carboxylic acids is 2. The van der Waals surface area contributed by atoms with Crippen molar-refractivity contribution in [2.45, 2.75) is 33.6 Å². The molecule has 0 unspecified atom stereocenters. The highest BCUT2D eigenvalue weighted by atomic mass is 35.5. The van der Waals surface area contributed by atoms with Gasteiger partial charge < -0.3 is 10.1 Å². The standard InChI is InChI=1S/C16H22ClNO3/c1-4-21-15-10-12(14(19)6-5-9-17)7-8-13(15)18-16(20)11(2)3/h7-8,10-11H,4-6,9H2,1-3H3,(H,18,20). The highest BCUT2D eigenvalue weighted by Gasteiger charge is 2.14. The lowest BCUT2D eigenvalue weighted by molar-refractivity contribution is -0.118. The van der Waals surface area contributed by atoms with Gasteiger partial charge in [-0.05, 0) is 31.5 Å². The number of ketones is 1. The van der Waals surface area contributed by atoms with Crippen molar-refractivity contribution in [2.24, 2.45) is 5.92 Å². The summed E-state index contributed by atoms with van der Waals surface area (Å²) >= 11 is 5.60. The Morgan fingerprint density at radius 1 is 1.33 bits per heavy atom. The Hall–Kier alpha value is -1.55. The normalized spacial score (nSPS) is 10.5. The fourth-order valence-electron chi connectivity index (χ4n) is 1.72. The number of amides is 1. The van der Waals surface area contributed by atoms with Gasteiger partial charge in [0.25, 0.3) is 0 Å². The molecule has 0 bridgehead atoms. The van der Waals surface area contributed by atoms with Gasteiger partial charge in [-0.25, -0.2) is 0 Å². The smallest absolute Gasteiger partial charge is 0.227 e. The van der Waals surface area contributed by atoms with Crippen molar-refractivity contribution in [3.8, 4) is 5.75 Å². The Bertz CT molecular complexity index is 500. The van der Waals surface area contributed by atoms with E-state index in [1.807, 2.05) is 20.8 Å². The first-order chi connectivity index (χ1) is 9.99. The Labute approximate surface area is 130 Å². The maximum Gasteiger partial charge on any atom is 0.227 e. The predicted octanol–water partition coefficient (Wildman–Crippen LogP) is 3.88. The van der Waals surface area contributed by atoms with Crippen LogP contribution in [0.1, 0.15) is 44.0 Å². The van der Waals surface area contributed by atoms with E-state index in [0.29, 0.717) is 42.3 Å². The Balaban J connectivity index is 2.95. The molecule has 4 nitrogen and oxygen atoms in total. The number of alkyl halides is 1. The molecule has 0 fully saturated rings. The van der Waals surface area contributed by atoms with Crippen LogP contribution in [0, 0.1) is 5.92 Å². The van der Waals surface area contributed by atoms with E-state index in [4.69, 9.17) is 16.3 Å². The largest absolute Gasteiger partial charge is 0.492 e. The van der Waals surface area contributed by atoms with Crippen LogP contribution < -0.4 is 10.1 Å². The summed E-state index contributed by atoms with van der Waals surface area (Å²) in [4.78, 5) is 23.8. The SMILES string of the molecule is CCOc1cc(C(=O)CCCCl)ccc1NC(=O)C(C)C. The maximum absolute atomic E-state index is 12.0. The van der Waals surface area contributed by atoms with Crippen molar-refractivity contribution < 1.29 is 14.3 Å². The third-order valence-electron chi connectivity index (χ3n) is 2.92. The number of nitrogens with one attached hydrogen (secondary N) is 1. The molecular weight excluding hydrogens is 290 g/mol. The van der Waals surface area contributed by atoms with Crippen LogP contribution >= 0.6 is 11.6 Å². The summed E-state index contributed by atoms with van der Waals surface area (Å²) in [5.74, 6) is 0.801. The van der Waals surface area contributed by atoms with Crippen LogP contribution in [-0.4, -0.2) is 24.2 Å². The van der Waals surface area contributed by atoms with E-state index in [2.05, 4.69) is 5.32 Å². The molecule has 5 heteroatoms. The van der Waals surface area contributed by atoms with E-state index in [1.54, 1.807) is 18.2 Å². The van der Waals surface area contributed by atoms with Crippen LogP contribution in [0.4, 0.5) is 5.69 Å². The molecule has 0 heterocycles. The van der Waals surface area contributed by atoms with Crippen LogP contribution in [0.2, 0.25) is 0 Å². The van der Waals surface area contributed by atoms with Crippen molar-refractivity contribution in [3.05, 3.63) is 23.8 Å². The van der Waals surface area contributed by atoms with E-state index in [0.717, 1.165) is 0 Å². The summed E-state index contributed by atoms with van der Waals surface area (Å²) in [6, 6.07) is 5.09. The van der Waals surface area contributed by atoms with Gasteiger partial charge >= 0.3 is 0 Å². The molecule has 0 atom stereocenters. The summed E-state index contributed by atoms with van der Waals surface area (Å²) in [6.07, 6.45) is 1.06. The van der Waals surface area contributed by atoms with E-state index in [-0.39, 0.29) is 17.6 Å². The van der Waals surface area contributed by atoms with Crippen LogP contribution in [-0.2, 0) is 4.79 Å². The first-order valence-electron chi connectivity index (χ1n) is 7.16. The highest BCUT2D eigenvalue weighted by Crippen LogP contribution is 2.27. The van der Waals surface area contributed by atoms with Gasteiger partial charge in [0.2, 0.25) is 5.91 Å². The molecule has 21 heavy (non-hydrogen) atoms. The van der Waals surface area contributed by atoms with Gasteiger partial charge in [0.1, 0.15) is 5.75 Å². The second-order valence-corrected chi connectivity index (χ2v) is 5.38. The monoisotopic (exact) mass is 311 g/mol. The van der Waals surface area contributed by atoms with Gasteiger partial charge in [-0.1, -0.05) is 13.8 Å². The number of benzene rings is 1. The van der Waals surface area contributed by atoms with Gasteiger partial charge in [0.15, 0.2) is 5.78 Å². The number of halogens is 1. The van der Waals surface area contributed by atoms with Gasteiger partial charge in [0.05, 0.1) is 12.3 Å². The summed E-state index contributed by atoms with van der Waals surface area (Å²) in [5.41, 5.74) is 1.16. The van der Waals surface area contributed by atoms with E-state index >= 15 is 0 Å². The summed E-state index contributed by atoms with van der Waals surface area (Å²) in [6.45, 7) is 5.96. The lowest BCUT2D eigenvalue weighted by Crippen LogP contribution is -2.18. The molecule has 0 saturated carbocycles. The molecule has 0 aromatic heterocycles. The van der Waals surface area contributed by atoms with Gasteiger partial charge in [0, 0.05) is 23.8 Å². The Morgan fingerprint density at radius 2 is 2.05 bits per heavy atom. The maximum atomic E-state index is 12.0. The molecule has 0 spiro atoms. The van der Waals surface area contributed by atoms with Crippen LogP contribution in [0.15, 0.2) is 18.2 Å². The van der Waals surface area contributed by atoms with E-state index in [1.165, 1.54) is 0 Å². The second-order valence-electron chi connectivity index (χ2n) is 5.00. The number of rotatable bonds is 8. The van der Waals surface area contributed by atoms with Gasteiger partial charge in [-0.15, -0.1) is 11.6 Å². The second kappa shape index (κ2) is 8.67. The Morgan fingerprint density at radius 3 is 2.62 bits per heavy atom. The minimum atomic E-state index is -0.121. The number of carbonyl (C=O) groups is 2. The van der Waals surface area contributed by atoms with Gasteiger partial charge in [-0.2, -0.15) is 0 Å². The van der Waals surface area contributed by atoms with Crippen molar-refractivity contribution in [3.63, 3.8) is 0 Å². The Kier molecular flexibility index (Phi) is 7.23. The van der Waals surface area contributed by atoms with Gasteiger partial charge in [-0.3, -0.25) is 9.59 Å². The van der Waals surface area contributed by atoms with Crippen molar-refractivity contribution in [2.75, 3.05) is 17.8 Å². The lowest BCUT2D eigenvalue weighted by atomic mass is 10.1. The number of anilines is 1. The third kappa shape index (κ3) is 5.38. The summed E-state index contributed by atoms with van der Waals surface area (Å²) in [5, 5.41) is 2.81. The zero-order valence-electron chi connectivity index (χ0n) is 12.7. The molecule has 0 aliphatic rings. The molecule has 0 radical (unpaired) electrons. The van der Waals surface area contributed by atoms with Crippen molar-refractivity contribution in [1.82, 2.24) is 0 Å². The summed E-state index contributed by atoms with van der Waals surface area (Å²) in [7, 11) is 0. The number of Topliss-reactive ketones (excluding diaryl/α,β-unsaturated/α-hetero) is 1. The summed E-state index contributed by atoms with van der Waals surface area (Å²) < 4.78 is 5.52. The first kappa shape index (κ1) is 17.5. The lowest BCUT2D eigenvalue weighted by Gasteiger charge is -2.14. The van der Waals surface area contributed by atoms with Crippen LogP contribution in [0.3, 0.4) is 0 Å². The van der Waals surface area contributed by atoms with Crippen molar-refractivity contribution >= 4 is 29.0 Å². The zero-order valence-corrected chi connectivity index (χ0v) is 13.5. The average Bonchev–Trinajstić information content (AvgIpc) is 2.46. The third-order valence-corrected chi connectivity index (χ3v) is 3.19. The molecular formula is C16H22ClNO3. The van der Waals surface area contributed by atoms with E-state index < -0.39 is 0 Å². The molecule has 0 aliphatic heterocycles. The predicted molar refractivity (Wildman–Crippen MR) is 85.4 cm³/mol. The fraction of sp³-hybridized carbons (Fsp3) is 0.500. The number of hydrogen-bond donors (Lipinski definition) is 1. The topological polar surface area (TPSA) is 55.4 Å². The van der Waals surface area contributed by atoms with Crippen LogP contribution in [0.5, 0.6) is 5.75 Å². The molecule has 116 valence electrons. The van der Waals surface area contributed by atoms with Crippen LogP contribution in [0.25, 0.3) is 0 Å². The van der Waals surface area contributed by atoms with E-state index in [9.17, 15) is 9.59 Å². The molecule has 1 N–H and O–H groups in total. The minimum absolute atomic E-state index is 0.0262. The molecule has 0 saturated heterocycles. The number of ether oxygens (including phenoxy) is 1. The molecule has 1 aromatic carbocycles. The molecule has 0 aliphatic carbocycles. The quantitative estimate of drug-likeness (QED) is 0.585. The number of hydrogen-bond acceptors (Lipinski definition) is 3. The fourth-order valence-corrected chi connectivity index (χ4v) is 1.86. The van der Waals surface area contributed by atoms with Crippen molar-refractivity contribution in [1.29, 1.82) is 0 Å². The average molecular weight is 312 g/mol. The zero-order chi connectivity index (χ0) is 15.8. The first-order valence-corrected chi connectivity index (χ1v) is 7.69. The molecule has 1 rings (SSSR count). The highest BCUT2D eigenvalue weighted by molar-refractivity contribution is 6.18. The minimum Gasteiger partial charge on any atom is -0.492 e.